The molecule has 1 aromatic carbocycles. The van der Waals surface area contributed by atoms with Crippen molar-refractivity contribution < 1.29 is 13.2 Å². The maximum absolute atomic E-state index is 12.7. The number of amides is 1. The predicted molar refractivity (Wildman–Crippen MR) is 98.8 cm³/mol. The number of halogens is 1. The van der Waals surface area contributed by atoms with E-state index in [4.69, 9.17) is 0 Å². The number of hydrogen-bond donors (Lipinski definition) is 1. The van der Waals surface area contributed by atoms with E-state index < -0.39 is 9.84 Å². The zero-order valence-corrected chi connectivity index (χ0v) is 15.4. The summed E-state index contributed by atoms with van der Waals surface area (Å²) in [6.45, 7) is 4.32. The molecular weight excluding hydrogens is 350 g/mol. The molecule has 1 fully saturated rings. The first-order valence-corrected chi connectivity index (χ1v) is 9.90. The average Bonchev–Trinajstić information content (AvgIpc) is 2.88. The van der Waals surface area contributed by atoms with Crippen LogP contribution < -0.4 is 10.2 Å². The molecule has 2 aliphatic heterocycles. The van der Waals surface area contributed by atoms with Crippen molar-refractivity contribution in [3.05, 3.63) is 24.3 Å². The number of anilines is 2. The van der Waals surface area contributed by atoms with Gasteiger partial charge in [-0.25, -0.2) is 8.42 Å². The second-order valence-corrected chi connectivity index (χ2v) is 8.33. The number of sulfone groups is 1. The van der Waals surface area contributed by atoms with Gasteiger partial charge in [0.15, 0.2) is 9.84 Å². The van der Waals surface area contributed by atoms with E-state index >= 15 is 0 Å². The standard InChI is InChI=1S/C16H23N3O3S.ClH/c1-2-19(13-7-10-23(21,22)12-13)16(20)11-18-9-8-17-14-5-3-4-6-15(14)18;/h3-6,13,17H,2,7-12H2,1H3;1H. The molecule has 1 saturated heterocycles. The highest BCUT2D eigenvalue weighted by Crippen LogP contribution is 2.28. The van der Waals surface area contributed by atoms with Crippen LogP contribution in [0.15, 0.2) is 24.3 Å². The number of carbonyl (C=O) groups is 1. The number of carbonyl (C=O) groups excluding carboxylic acids is 1. The number of hydrogen-bond acceptors (Lipinski definition) is 5. The van der Waals surface area contributed by atoms with Crippen molar-refractivity contribution in [2.45, 2.75) is 19.4 Å². The van der Waals surface area contributed by atoms with Crippen molar-refractivity contribution in [1.29, 1.82) is 0 Å². The maximum atomic E-state index is 12.7. The fraction of sp³-hybridized carbons (Fsp3) is 0.562. The molecule has 0 aliphatic carbocycles. The fourth-order valence-electron chi connectivity index (χ4n) is 3.42. The Balaban J connectivity index is 0.00000208. The van der Waals surface area contributed by atoms with Crippen LogP contribution in [0.25, 0.3) is 0 Å². The Morgan fingerprint density at radius 1 is 1.38 bits per heavy atom. The van der Waals surface area contributed by atoms with Crippen LogP contribution >= 0.6 is 12.4 Å². The van der Waals surface area contributed by atoms with Gasteiger partial charge in [0.05, 0.1) is 29.4 Å². The highest BCUT2D eigenvalue weighted by molar-refractivity contribution is 7.91. The van der Waals surface area contributed by atoms with Crippen LogP contribution in [0.4, 0.5) is 11.4 Å². The van der Waals surface area contributed by atoms with Gasteiger partial charge in [0.1, 0.15) is 0 Å². The van der Waals surface area contributed by atoms with Crippen LogP contribution in [-0.4, -0.2) is 63.0 Å². The van der Waals surface area contributed by atoms with E-state index in [0.29, 0.717) is 19.5 Å². The average molecular weight is 374 g/mol. The minimum absolute atomic E-state index is 0. The van der Waals surface area contributed by atoms with Gasteiger partial charge < -0.3 is 15.1 Å². The Hall–Kier alpha value is -1.47. The molecule has 1 aromatic rings. The van der Waals surface area contributed by atoms with Gasteiger partial charge in [0, 0.05) is 25.7 Å². The molecule has 1 N–H and O–H groups in total. The molecule has 0 spiro atoms. The van der Waals surface area contributed by atoms with Gasteiger partial charge in [-0.05, 0) is 25.5 Å². The number of nitrogens with one attached hydrogen (secondary N) is 1. The summed E-state index contributed by atoms with van der Waals surface area (Å²) in [7, 11) is -2.98. The van der Waals surface area contributed by atoms with Crippen molar-refractivity contribution in [2.75, 3.05) is 47.9 Å². The van der Waals surface area contributed by atoms with Crippen LogP contribution in [0.2, 0.25) is 0 Å². The lowest BCUT2D eigenvalue weighted by Crippen LogP contribution is -2.48. The highest BCUT2D eigenvalue weighted by Gasteiger charge is 2.34. The molecule has 0 aromatic heterocycles. The largest absolute Gasteiger partial charge is 0.382 e. The number of rotatable bonds is 4. The third-order valence-electron chi connectivity index (χ3n) is 4.58. The summed E-state index contributed by atoms with van der Waals surface area (Å²) in [6, 6.07) is 7.78. The summed E-state index contributed by atoms with van der Waals surface area (Å²) in [5, 5.41) is 3.33. The molecule has 0 bridgehead atoms. The van der Waals surface area contributed by atoms with Gasteiger partial charge in [0.2, 0.25) is 5.91 Å². The van der Waals surface area contributed by atoms with Gasteiger partial charge in [-0.3, -0.25) is 4.79 Å². The van der Waals surface area contributed by atoms with Gasteiger partial charge in [-0.2, -0.15) is 0 Å². The Kier molecular flexibility index (Phi) is 5.98. The monoisotopic (exact) mass is 373 g/mol. The third-order valence-corrected chi connectivity index (χ3v) is 6.33. The number of fused-ring (bicyclic) bond motifs is 1. The molecule has 1 unspecified atom stereocenters. The van der Waals surface area contributed by atoms with Crippen LogP contribution in [0.3, 0.4) is 0 Å². The topological polar surface area (TPSA) is 69.7 Å². The second kappa shape index (κ2) is 7.61. The lowest BCUT2D eigenvalue weighted by Gasteiger charge is -2.34. The summed E-state index contributed by atoms with van der Waals surface area (Å²) in [5.74, 6) is 0.300. The van der Waals surface area contributed by atoms with Crippen LogP contribution in [-0.2, 0) is 14.6 Å². The SMILES string of the molecule is CCN(C(=O)CN1CCNc2ccccc21)C1CCS(=O)(=O)C1.Cl. The summed E-state index contributed by atoms with van der Waals surface area (Å²) in [5.41, 5.74) is 2.07. The van der Waals surface area contributed by atoms with Gasteiger partial charge in [-0.1, -0.05) is 12.1 Å². The lowest BCUT2D eigenvalue weighted by molar-refractivity contribution is -0.131. The lowest BCUT2D eigenvalue weighted by atomic mass is 10.2. The normalized spacial score (nSPS) is 21.4. The predicted octanol–water partition coefficient (Wildman–Crippen LogP) is 1.38. The van der Waals surface area contributed by atoms with Crippen LogP contribution in [0, 0.1) is 0 Å². The van der Waals surface area contributed by atoms with E-state index in [9.17, 15) is 13.2 Å². The van der Waals surface area contributed by atoms with E-state index in [-0.39, 0.29) is 35.9 Å². The van der Waals surface area contributed by atoms with Crippen LogP contribution in [0.5, 0.6) is 0 Å². The van der Waals surface area contributed by atoms with Crippen molar-refractivity contribution in [1.82, 2.24) is 4.90 Å². The van der Waals surface area contributed by atoms with Gasteiger partial charge in [0.25, 0.3) is 0 Å². The number of nitrogens with zero attached hydrogens (tertiary/aromatic N) is 2. The molecule has 134 valence electrons. The molecule has 3 rings (SSSR count). The molecule has 2 aliphatic rings. The Morgan fingerprint density at radius 2 is 2.12 bits per heavy atom. The van der Waals surface area contributed by atoms with Crippen molar-refractivity contribution in [3.63, 3.8) is 0 Å². The summed E-state index contributed by atoms with van der Waals surface area (Å²) < 4.78 is 23.4. The summed E-state index contributed by atoms with van der Waals surface area (Å²) >= 11 is 0. The summed E-state index contributed by atoms with van der Waals surface area (Å²) in [6.07, 6.45) is 0.556. The first-order chi connectivity index (χ1) is 11.0. The Bertz CT molecular complexity index is 696. The molecule has 8 heteroatoms. The minimum Gasteiger partial charge on any atom is -0.382 e. The molecule has 0 radical (unpaired) electrons. The first kappa shape index (κ1) is 18.9. The Morgan fingerprint density at radius 3 is 2.79 bits per heavy atom. The zero-order valence-electron chi connectivity index (χ0n) is 13.8. The van der Waals surface area contributed by atoms with E-state index in [1.807, 2.05) is 31.2 Å². The molecule has 1 amide bonds. The third kappa shape index (κ3) is 3.95. The van der Waals surface area contributed by atoms with Crippen molar-refractivity contribution >= 4 is 39.5 Å². The van der Waals surface area contributed by atoms with Crippen molar-refractivity contribution in [2.24, 2.45) is 0 Å². The molecule has 0 saturated carbocycles. The summed E-state index contributed by atoms with van der Waals surface area (Å²) in [4.78, 5) is 16.5. The highest BCUT2D eigenvalue weighted by atomic mass is 35.5. The maximum Gasteiger partial charge on any atom is 0.242 e. The molecule has 1 atom stereocenters. The van der Waals surface area contributed by atoms with E-state index in [1.54, 1.807) is 4.90 Å². The number of benzene rings is 1. The smallest absolute Gasteiger partial charge is 0.242 e. The quantitative estimate of drug-likeness (QED) is 0.863. The van der Waals surface area contributed by atoms with E-state index in [2.05, 4.69) is 10.2 Å². The van der Waals surface area contributed by atoms with E-state index in [1.165, 1.54) is 0 Å². The van der Waals surface area contributed by atoms with Crippen LogP contribution in [0.1, 0.15) is 13.3 Å². The first-order valence-electron chi connectivity index (χ1n) is 8.08. The van der Waals surface area contributed by atoms with Crippen molar-refractivity contribution in [3.8, 4) is 0 Å². The van der Waals surface area contributed by atoms with Gasteiger partial charge >= 0.3 is 0 Å². The number of likely N-dealkylation sites (N-methyl/N-ethyl adjacent to an activating group) is 1. The number of para-hydroxylation sites is 2. The molecule has 24 heavy (non-hydrogen) atoms. The second-order valence-electron chi connectivity index (χ2n) is 6.10. The molecule has 2 heterocycles. The van der Waals surface area contributed by atoms with Gasteiger partial charge in [-0.15, -0.1) is 12.4 Å². The Labute approximate surface area is 149 Å². The van der Waals surface area contributed by atoms with E-state index in [0.717, 1.165) is 24.5 Å². The fourth-order valence-corrected chi connectivity index (χ4v) is 5.15. The zero-order chi connectivity index (χ0) is 16.4. The molecule has 6 nitrogen and oxygen atoms in total. The molecular formula is C16H24ClN3O3S. The minimum atomic E-state index is -2.98.